The zero-order valence-electron chi connectivity index (χ0n) is 13.0. The predicted molar refractivity (Wildman–Crippen MR) is 90.0 cm³/mol. The van der Waals surface area contributed by atoms with Crippen LogP contribution < -0.4 is 11.1 Å². The van der Waals surface area contributed by atoms with Crippen LogP contribution in [0.2, 0.25) is 0 Å². The van der Waals surface area contributed by atoms with Crippen LogP contribution >= 0.6 is 0 Å². The van der Waals surface area contributed by atoms with Crippen molar-refractivity contribution in [2.75, 3.05) is 5.32 Å². The molecule has 1 amide bonds. The molecular weight excluding hydrogens is 274 g/mol. The van der Waals surface area contributed by atoms with E-state index in [0.29, 0.717) is 11.6 Å². The first-order valence-electron chi connectivity index (χ1n) is 8.00. The molecule has 1 saturated carbocycles. The molecule has 1 aliphatic carbocycles. The van der Waals surface area contributed by atoms with Gasteiger partial charge in [-0.1, -0.05) is 37.5 Å². The zero-order chi connectivity index (χ0) is 15.5. The normalized spacial score (nSPS) is 15.7. The molecule has 0 saturated heterocycles. The summed E-state index contributed by atoms with van der Waals surface area (Å²) in [4.78, 5) is 14.7. The van der Waals surface area contributed by atoms with Crippen molar-refractivity contribution in [1.29, 1.82) is 0 Å². The van der Waals surface area contributed by atoms with E-state index >= 15 is 0 Å². The lowest BCUT2D eigenvalue weighted by Gasteiger charge is -2.25. The van der Waals surface area contributed by atoms with Crippen molar-refractivity contribution < 1.29 is 4.79 Å². The number of hydrogen-bond donors (Lipinski definition) is 3. The molecule has 0 unspecified atom stereocenters. The van der Waals surface area contributed by atoms with E-state index in [0.717, 1.165) is 22.6 Å². The largest absolute Gasteiger partial charge is 0.382 e. The number of H-pyrrole nitrogens is 1. The standard InChI is InChI=1S/C18H23N3O/c1-12-15(18(19)22)11-17(20-12)14-9-5-6-10-16(14)21-13-7-3-2-4-8-13/h5-6,9-11,13,20-21H,2-4,7-8H2,1H3,(H2,19,22). The molecule has 1 aromatic heterocycles. The van der Waals surface area contributed by atoms with Gasteiger partial charge in [0.15, 0.2) is 0 Å². The van der Waals surface area contributed by atoms with E-state index in [-0.39, 0.29) is 0 Å². The summed E-state index contributed by atoms with van der Waals surface area (Å²) in [5, 5.41) is 3.67. The van der Waals surface area contributed by atoms with Gasteiger partial charge in [0.1, 0.15) is 0 Å². The van der Waals surface area contributed by atoms with Crippen molar-refractivity contribution in [2.24, 2.45) is 5.73 Å². The molecule has 1 fully saturated rings. The lowest BCUT2D eigenvalue weighted by molar-refractivity contribution is 0.1000. The average Bonchev–Trinajstić information content (AvgIpc) is 2.91. The number of nitrogens with two attached hydrogens (primary N) is 1. The first kappa shape index (κ1) is 14.7. The van der Waals surface area contributed by atoms with Crippen LogP contribution in [-0.4, -0.2) is 16.9 Å². The number of rotatable bonds is 4. The maximum absolute atomic E-state index is 11.5. The number of aryl methyl sites for hydroxylation is 1. The molecule has 4 heteroatoms. The Kier molecular flexibility index (Phi) is 4.18. The molecule has 0 aliphatic heterocycles. The number of para-hydroxylation sites is 1. The molecular formula is C18H23N3O. The minimum absolute atomic E-state index is 0.391. The SMILES string of the molecule is Cc1[nH]c(-c2ccccc2NC2CCCCC2)cc1C(N)=O. The molecule has 4 N–H and O–H groups in total. The van der Waals surface area contributed by atoms with E-state index in [1.165, 1.54) is 32.1 Å². The number of primary amides is 1. The second-order valence-corrected chi connectivity index (χ2v) is 6.11. The number of nitrogens with one attached hydrogen (secondary N) is 2. The van der Waals surface area contributed by atoms with E-state index in [1.807, 2.05) is 25.1 Å². The van der Waals surface area contributed by atoms with Crippen LogP contribution in [0.5, 0.6) is 0 Å². The topological polar surface area (TPSA) is 70.9 Å². The van der Waals surface area contributed by atoms with Gasteiger partial charge in [0.05, 0.1) is 5.56 Å². The fraction of sp³-hybridized carbons (Fsp3) is 0.389. The summed E-state index contributed by atoms with van der Waals surface area (Å²) < 4.78 is 0. The Morgan fingerprint density at radius 1 is 1.23 bits per heavy atom. The molecule has 1 aromatic carbocycles. The number of benzene rings is 1. The lowest BCUT2D eigenvalue weighted by Crippen LogP contribution is -2.22. The Morgan fingerprint density at radius 3 is 2.64 bits per heavy atom. The van der Waals surface area contributed by atoms with E-state index < -0.39 is 5.91 Å². The molecule has 0 atom stereocenters. The Morgan fingerprint density at radius 2 is 1.95 bits per heavy atom. The number of aromatic amines is 1. The monoisotopic (exact) mass is 297 g/mol. The number of carbonyl (C=O) groups is 1. The summed E-state index contributed by atoms with van der Waals surface area (Å²) in [6, 6.07) is 10.6. The molecule has 0 spiro atoms. The van der Waals surface area contributed by atoms with E-state index in [1.54, 1.807) is 0 Å². The van der Waals surface area contributed by atoms with Gasteiger partial charge in [-0.05, 0) is 31.9 Å². The minimum atomic E-state index is -0.391. The Labute approximate surface area is 131 Å². The highest BCUT2D eigenvalue weighted by molar-refractivity contribution is 5.96. The van der Waals surface area contributed by atoms with Crippen LogP contribution in [0.1, 0.15) is 48.2 Å². The molecule has 1 aliphatic rings. The van der Waals surface area contributed by atoms with Crippen molar-refractivity contribution in [3.05, 3.63) is 41.6 Å². The van der Waals surface area contributed by atoms with Gasteiger partial charge in [0.25, 0.3) is 5.91 Å². The van der Waals surface area contributed by atoms with Crippen molar-refractivity contribution in [1.82, 2.24) is 4.98 Å². The fourth-order valence-corrected chi connectivity index (χ4v) is 3.27. The fourth-order valence-electron chi connectivity index (χ4n) is 3.27. The molecule has 4 nitrogen and oxygen atoms in total. The van der Waals surface area contributed by atoms with E-state index in [2.05, 4.69) is 22.4 Å². The molecule has 3 rings (SSSR count). The van der Waals surface area contributed by atoms with Gasteiger partial charge in [-0.25, -0.2) is 0 Å². The zero-order valence-corrected chi connectivity index (χ0v) is 13.0. The highest BCUT2D eigenvalue weighted by Crippen LogP contribution is 2.31. The summed E-state index contributed by atoms with van der Waals surface area (Å²) in [6.07, 6.45) is 6.40. The molecule has 1 heterocycles. The first-order chi connectivity index (χ1) is 10.6. The average molecular weight is 297 g/mol. The summed E-state index contributed by atoms with van der Waals surface area (Å²) in [6.45, 7) is 1.88. The summed E-state index contributed by atoms with van der Waals surface area (Å²) >= 11 is 0. The molecule has 2 aromatic rings. The third-order valence-corrected chi connectivity index (χ3v) is 4.46. The van der Waals surface area contributed by atoms with Gasteiger partial charge in [-0.2, -0.15) is 0 Å². The van der Waals surface area contributed by atoms with Crippen molar-refractivity contribution in [2.45, 2.75) is 45.1 Å². The van der Waals surface area contributed by atoms with Crippen LogP contribution in [-0.2, 0) is 0 Å². The molecule has 22 heavy (non-hydrogen) atoms. The Balaban J connectivity index is 1.90. The highest BCUT2D eigenvalue weighted by atomic mass is 16.1. The highest BCUT2D eigenvalue weighted by Gasteiger charge is 2.17. The maximum Gasteiger partial charge on any atom is 0.250 e. The van der Waals surface area contributed by atoms with Crippen LogP contribution in [0.15, 0.2) is 30.3 Å². The van der Waals surface area contributed by atoms with Crippen LogP contribution in [0.25, 0.3) is 11.3 Å². The van der Waals surface area contributed by atoms with Gasteiger partial charge < -0.3 is 16.0 Å². The summed E-state index contributed by atoms with van der Waals surface area (Å²) in [5.74, 6) is -0.391. The second kappa shape index (κ2) is 6.26. The van der Waals surface area contributed by atoms with Gasteiger partial charge in [0.2, 0.25) is 0 Å². The second-order valence-electron chi connectivity index (χ2n) is 6.11. The van der Waals surface area contributed by atoms with Gasteiger partial charge >= 0.3 is 0 Å². The number of hydrogen-bond acceptors (Lipinski definition) is 2. The molecule has 0 radical (unpaired) electrons. The third kappa shape index (κ3) is 3.01. The summed E-state index contributed by atoms with van der Waals surface area (Å²) in [7, 11) is 0. The van der Waals surface area contributed by atoms with E-state index in [4.69, 9.17) is 5.73 Å². The van der Waals surface area contributed by atoms with E-state index in [9.17, 15) is 4.79 Å². The van der Waals surface area contributed by atoms with Crippen LogP contribution in [0, 0.1) is 6.92 Å². The minimum Gasteiger partial charge on any atom is -0.382 e. The van der Waals surface area contributed by atoms with Crippen LogP contribution in [0.3, 0.4) is 0 Å². The van der Waals surface area contributed by atoms with Gasteiger partial charge in [-0.15, -0.1) is 0 Å². The number of aromatic nitrogens is 1. The maximum atomic E-state index is 11.5. The quantitative estimate of drug-likeness (QED) is 0.802. The Hall–Kier alpha value is -2.23. The van der Waals surface area contributed by atoms with Crippen molar-refractivity contribution in [3.8, 4) is 11.3 Å². The lowest BCUT2D eigenvalue weighted by atomic mass is 9.95. The first-order valence-corrected chi connectivity index (χ1v) is 8.00. The number of carbonyl (C=O) groups excluding carboxylic acids is 1. The predicted octanol–water partition coefficient (Wildman–Crippen LogP) is 3.83. The van der Waals surface area contributed by atoms with Crippen molar-refractivity contribution >= 4 is 11.6 Å². The third-order valence-electron chi connectivity index (χ3n) is 4.46. The molecule has 116 valence electrons. The molecule has 0 bridgehead atoms. The van der Waals surface area contributed by atoms with Crippen LogP contribution in [0.4, 0.5) is 5.69 Å². The van der Waals surface area contributed by atoms with Gasteiger partial charge in [-0.3, -0.25) is 4.79 Å². The van der Waals surface area contributed by atoms with Gasteiger partial charge in [0, 0.05) is 28.7 Å². The smallest absolute Gasteiger partial charge is 0.250 e. The summed E-state index contributed by atoms with van der Waals surface area (Å²) in [5.41, 5.74) is 9.93. The number of amides is 1. The Bertz CT molecular complexity index is 669. The number of anilines is 1. The van der Waals surface area contributed by atoms with Crippen molar-refractivity contribution in [3.63, 3.8) is 0 Å².